The summed E-state index contributed by atoms with van der Waals surface area (Å²) in [6.45, 7) is 5.19. The molecule has 426 valence electrons. The second kappa shape index (κ2) is 28.2. The topological polar surface area (TPSA) is 298 Å². The maximum absolute atomic E-state index is 13.0. The molecule has 21 nitrogen and oxygen atoms in total. The summed E-state index contributed by atoms with van der Waals surface area (Å²) in [5.74, 6) is -2.65. The number of carbonyl (C=O) groups excluding carboxylic acids is 3. The minimum atomic E-state index is -1.28. The first kappa shape index (κ1) is 64.7. The predicted octanol–water partition coefficient (Wildman–Crippen LogP) is 6.26. The molecule has 0 unspecified atom stereocenters. The van der Waals surface area contributed by atoms with E-state index in [-0.39, 0.29) is 70.5 Å². The molecule has 5 aliphatic rings. The summed E-state index contributed by atoms with van der Waals surface area (Å²) in [5.41, 5.74) is 7.03. The number of alkyl halides is 5. The van der Waals surface area contributed by atoms with E-state index in [0.29, 0.717) is 32.1 Å². The van der Waals surface area contributed by atoms with Crippen LogP contribution >= 0.6 is 24.8 Å². The lowest BCUT2D eigenvalue weighted by Gasteiger charge is -2.19. The number of hydrogen-bond donors (Lipinski definition) is 4. The quantitative estimate of drug-likeness (QED) is 0.0757. The van der Waals surface area contributed by atoms with Crippen LogP contribution < -0.4 is 44.6 Å². The zero-order chi connectivity index (χ0) is 56.3. The Balaban J connectivity index is 0.000000251. The monoisotopic (exact) mass is 1150 g/mol. The molecule has 5 aromatic heterocycles. The number of anilines is 2. The standard InChI is InChI=1S/C13H17FN2O3.C10H10FNO3.C9H8FNO3.C8H9FN2O.C7H6O4.C3H6FN.2ClH/c1-13(2,3)19-12(18)15-9-5-4-6-16(11(9)17)10-7-8(10)14;1-15-10(14)6-3-2-4-12(9(6)13)8-5-7(8)11;10-6-4-7(6)11-3-1-2-5(8(11)12)9(13)14;9-5-4-7(5)11-3-1-2-6(10)8(11)12;1-10-6(8)5-3-2-4-11-7(5)9;4-2-1-3(2)5;;/h4-6,8,10H,7H2,1-3H3,(H,15,18);2-4,7-8H,5H2,1H3;1-3,6-7H,4H2,(H,13,14);1-3,5,7H,4,10H2;2-4H,1H3;2-3H,1,5H2;2*1H/t8-,10-;7-,8-;6-,7-;5-,7-;;2-,3-;;/m1111.1../s1. The molecular weight excluding hydrogens is 1090 g/mol. The van der Waals surface area contributed by atoms with Crippen LogP contribution in [0.5, 0.6) is 0 Å². The van der Waals surface area contributed by atoms with Crippen LogP contribution in [0.3, 0.4) is 0 Å². The van der Waals surface area contributed by atoms with Crippen LogP contribution in [0.15, 0.2) is 120 Å². The zero-order valence-electron chi connectivity index (χ0n) is 42.4. The Morgan fingerprint density at radius 1 is 0.590 bits per heavy atom. The Bertz CT molecular complexity index is 3200. The van der Waals surface area contributed by atoms with Gasteiger partial charge in [-0.05, 0) is 87.9 Å². The Labute approximate surface area is 452 Å². The molecule has 0 saturated heterocycles. The van der Waals surface area contributed by atoms with Gasteiger partial charge in [0.05, 0.1) is 50.3 Å². The van der Waals surface area contributed by atoms with Crippen LogP contribution in [-0.4, -0.2) is 104 Å². The van der Waals surface area contributed by atoms with Crippen molar-refractivity contribution in [2.24, 2.45) is 5.73 Å². The Hall–Kier alpha value is -7.58. The summed E-state index contributed by atoms with van der Waals surface area (Å²) >= 11 is 0. The Kier molecular flexibility index (Phi) is 23.4. The van der Waals surface area contributed by atoms with Gasteiger partial charge in [-0.15, -0.1) is 24.8 Å². The van der Waals surface area contributed by atoms with Crippen molar-refractivity contribution in [3.8, 4) is 0 Å². The van der Waals surface area contributed by atoms with Crippen molar-refractivity contribution in [1.29, 1.82) is 0 Å². The van der Waals surface area contributed by atoms with Gasteiger partial charge in [-0.3, -0.25) is 24.5 Å². The lowest BCUT2D eigenvalue weighted by Crippen LogP contribution is -2.30. The molecule has 5 fully saturated rings. The van der Waals surface area contributed by atoms with Crippen molar-refractivity contribution in [2.75, 3.05) is 25.3 Å². The molecule has 0 aliphatic heterocycles. The first-order valence-electron chi connectivity index (χ1n) is 23.3. The number of aromatic nitrogens is 4. The van der Waals surface area contributed by atoms with Gasteiger partial charge in [0.1, 0.15) is 58.8 Å². The second-order valence-corrected chi connectivity index (χ2v) is 18.5. The fourth-order valence-corrected chi connectivity index (χ4v) is 6.61. The van der Waals surface area contributed by atoms with E-state index in [1.54, 1.807) is 45.2 Å². The van der Waals surface area contributed by atoms with Crippen molar-refractivity contribution in [3.63, 3.8) is 0 Å². The number of hydrogen-bond acceptors (Lipinski definition) is 15. The van der Waals surface area contributed by atoms with Crippen molar-refractivity contribution >= 4 is 60.2 Å². The van der Waals surface area contributed by atoms with Crippen LogP contribution in [0.25, 0.3) is 0 Å². The average molecular weight is 1150 g/mol. The number of nitrogens with two attached hydrogens (primary N) is 2. The molecule has 5 aromatic rings. The molecule has 1 amide bonds. The van der Waals surface area contributed by atoms with Gasteiger partial charge in [-0.2, -0.15) is 0 Å². The van der Waals surface area contributed by atoms with Gasteiger partial charge < -0.3 is 53.5 Å². The third kappa shape index (κ3) is 18.3. The van der Waals surface area contributed by atoms with E-state index in [2.05, 4.69) is 19.2 Å². The molecule has 0 spiro atoms. The van der Waals surface area contributed by atoms with E-state index in [0.717, 1.165) is 4.57 Å². The molecule has 5 heterocycles. The van der Waals surface area contributed by atoms with E-state index < -0.39 is 101 Å². The minimum Gasteiger partial charge on any atom is -0.477 e. The SMILES string of the molecule is CC(C)(C)OC(=O)Nc1cccn([C@@H]2C[C@H]2F)c1=O.COC(=O)c1cccn([C@@H]2C[C@H]2F)c1=O.COC(=O)c1cccoc1=O.Cl.Cl.N[C@@H]1C[C@H]1F.Nc1cccn([C@@H]2C[C@H]2F)c1=O.O=C(O)c1cccn([C@@H]2C[C@H]2F)c1=O. The molecule has 10 atom stereocenters. The van der Waals surface area contributed by atoms with Crippen LogP contribution in [0.1, 0.15) is 108 Å². The number of aromatic carboxylic acids is 1. The summed E-state index contributed by atoms with van der Waals surface area (Å²) in [4.78, 5) is 101. The normalized spacial score (nSPS) is 22.9. The highest BCUT2D eigenvalue weighted by Gasteiger charge is 2.42. The lowest BCUT2D eigenvalue weighted by atomic mass is 10.2. The van der Waals surface area contributed by atoms with Gasteiger partial charge in [-0.25, -0.2) is 45.9 Å². The fourth-order valence-electron chi connectivity index (χ4n) is 6.61. The van der Waals surface area contributed by atoms with E-state index in [1.165, 1.54) is 95.2 Å². The second-order valence-electron chi connectivity index (χ2n) is 18.5. The summed E-state index contributed by atoms with van der Waals surface area (Å²) in [5, 5.41) is 11.0. The molecule has 0 aromatic carbocycles. The smallest absolute Gasteiger partial charge is 0.412 e. The van der Waals surface area contributed by atoms with Crippen LogP contribution in [-0.2, 0) is 14.2 Å². The molecule has 0 bridgehead atoms. The number of rotatable bonds is 8. The van der Waals surface area contributed by atoms with Crippen LogP contribution in [0.4, 0.5) is 38.1 Å². The predicted molar refractivity (Wildman–Crippen MR) is 278 cm³/mol. The molecule has 78 heavy (non-hydrogen) atoms. The van der Waals surface area contributed by atoms with E-state index in [4.69, 9.17) is 21.3 Å². The number of carboxylic acids is 1. The minimum absolute atomic E-state index is 0. The number of pyridine rings is 4. The maximum Gasteiger partial charge on any atom is 0.412 e. The van der Waals surface area contributed by atoms with Crippen molar-refractivity contribution in [1.82, 2.24) is 18.3 Å². The molecule has 10 rings (SSSR count). The van der Waals surface area contributed by atoms with Gasteiger partial charge in [0, 0.05) is 56.5 Å². The van der Waals surface area contributed by atoms with Crippen molar-refractivity contribution in [3.05, 3.63) is 160 Å². The number of amides is 1. The molecule has 0 radical (unpaired) electrons. The summed E-state index contributed by atoms with van der Waals surface area (Å²) < 4.78 is 85.7. The Morgan fingerprint density at radius 3 is 1.33 bits per heavy atom. The van der Waals surface area contributed by atoms with Gasteiger partial charge in [0.2, 0.25) is 0 Å². The Morgan fingerprint density at radius 2 is 0.949 bits per heavy atom. The zero-order valence-corrected chi connectivity index (χ0v) is 44.0. The number of carbonyl (C=O) groups is 4. The lowest BCUT2D eigenvalue weighted by molar-refractivity contribution is 0.0587. The highest BCUT2D eigenvalue weighted by molar-refractivity contribution is 5.89. The average Bonchev–Trinajstić information content (AvgIpc) is 4.08. The number of carboxylic acid groups (broad SMARTS) is 1. The van der Waals surface area contributed by atoms with Gasteiger partial charge in [-0.1, -0.05) is 0 Å². The largest absolute Gasteiger partial charge is 0.477 e. The van der Waals surface area contributed by atoms with E-state index in [9.17, 15) is 65.1 Å². The number of esters is 2. The molecule has 28 heteroatoms. The number of nitrogens with one attached hydrogen (secondary N) is 1. The first-order chi connectivity index (χ1) is 35.8. The highest BCUT2D eigenvalue weighted by atomic mass is 35.5. The molecule has 6 N–H and O–H groups in total. The summed E-state index contributed by atoms with van der Waals surface area (Å²) in [6.07, 6.45) is 3.98. The number of nitrogens with zero attached hydrogens (tertiary/aromatic N) is 4. The van der Waals surface area contributed by atoms with Crippen LogP contribution in [0, 0.1) is 0 Å². The van der Waals surface area contributed by atoms with Crippen molar-refractivity contribution < 1.29 is 64.9 Å². The third-order valence-electron chi connectivity index (χ3n) is 11.3. The van der Waals surface area contributed by atoms with Gasteiger partial charge in [0.15, 0.2) is 0 Å². The molecule has 5 aliphatic carbocycles. The third-order valence-corrected chi connectivity index (χ3v) is 11.3. The summed E-state index contributed by atoms with van der Waals surface area (Å²) in [7, 11) is 2.41. The first-order valence-corrected chi connectivity index (χ1v) is 23.3. The van der Waals surface area contributed by atoms with Gasteiger partial charge >= 0.3 is 29.6 Å². The number of ether oxygens (including phenoxy) is 3. The highest BCUT2D eigenvalue weighted by Crippen LogP contribution is 2.39. The maximum atomic E-state index is 13.0. The van der Waals surface area contributed by atoms with Crippen LogP contribution in [0.2, 0.25) is 0 Å². The summed E-state index contributed by atoms with van der Waals surface area (Å²) in [6, 6.07) is 12.9. The number of halogens is 7. The van der Waals surface area contributed by atoms with Crippen molar-refractivity contribution in [2.45, 2.75) is 120 Å². The van der Waals surface area contributed by atoms with E-state index in [1.807, 2.05) is 0 Å². The van der Waals surface area contributed by atoms with E-state index >= 15 is 0 Å². The fraction of sp³-hybridized carbons (Fsp3) is 0.420. The molecular formula is C50H58Cl2F5N7O14. The number of methoxy groups -OCH3 is 2. The number of nitrogen functional groups attached to an aromatic ring is 1. The van der Waals surface area contributed by atoms with Gasteiger partial charge in [0.25, 0.3) is 22.2 Å². The molecule has 5 saturated carbocycles.